The number of rotatable bonds is 7. The van der Waals surface area contributed by atoms with Gasteiger partial charge < -0.3 is 9.64 Å². The van der Waals surface area contributed by atoms with Crippen molar-refractivity contribution >= 4 is 29.2 Å². The Labute approximate surface area is 181 Å². The summed E-state index contributed by atoms with van der Waals surface area (Å²) in [7, 11) is 0. The van der Waals surface area contributed by atoms with E-state index in [0.29, 0.717) is 0 Å². The SMILES string of the molecule is CCC(=O)N1CCN(c2c(F)cc(N3C[C@H](CCC(=O)C(F)F)OC3=O)cc2F)CCO1. The minimum Gasteiger partial charge on any atom is -0.444 e. The highest BCUT2D eigenvalue weighted by atomic mass is 19.3. The summed E-state index contributed by atoms with van der Waals surface area (Å²) >= 11 is 0. The topological polar surface area (TPSA) is 79.4 Å². The number of carbonyl (C=O) groups is 3. The Kier molecular flexibility index (Phi) is 7.54. The number of hydrogen-bond donors (Lipinski definition) is 0. The van der Waals surface area contributed by atoms with E-state index in [1.54, 1.807) is 6.92 Å². The van der Waals surface area contributed by atoms with Crippen molar-refractivity contribution in [1.29, 1.82) is 0 Å². The largest absolute Gasteiger partial charge is 0.444 e. The van der Waals surface area contributed by atoms with Gasteiger partial charge >= 0.3 is 6.09 Å². The summed E-state index contributed by atoms with van der Waals surface area (Å²) in [4.78, 5) is 42.7. The summed E-state index contributed by atoms with van der Waals surface area (Å²) in [6.45, 7) is 2.03. The molecule has 0 radical (unpaired) electrons. The van der Waals surface area contributed by atoms with Crippen LogP contribution in [0.4, 0.5) is 33.7 Å². The Balaban J connectivity index is 1.70. The number of ether oxygens (including phenoxy) is 1. The van der Waals surface area contributed by atoms with E-state index in [2.05, 4.69) is 0 Å². The second-order valence-corrected chi connectivity index (χ2v) is 7.35. The predicted octanol–water partition coefficient (Wildman–Crippen LogP) is 2.89. The number of ketones is 1. The van der Waals surface area contributed by atoms with E-state index in [-0.39, 0.29) is 62.9 Å². The van der Waals surface area contributed by atoms with Crippen LogP contribution in [0.5, 0.6) is 0 Å². The van der Waals surface area contributed by atoms with Gasteiger partial charge in [-0.05, 0) is 6.42 Å². The fourth-order valence-corrected chi connectivity index (χ4v) is 3.55. The Morgan fingerprint density at radius 3 is 2.47 bits per heavy atom. The van der Waals surface area contributed by atoms with Crippen molar-refractivity contribution in [2.45, 2.75) is 38.7 Å². The zero-order chi connectivity index (χ0) is 23.4. The van der Waals surface area contributed by atoms with Crippen LogP contribution in [0.3, 0.4) is 0 Å². The lowest BCUT2D eigenvalue weighted by Gasteiger charge is -2.24. The molecule has 0 aliphatic carbocycles. The molecule has 8 nitrogen and oxygen atoms in total. The van der Waals surface area contributed by atoms with Crippen LogP contribution in [0.1, 0.15) is 26.2 Å². The molecule has 12 heteroatoms. The van der Waals surface area contributed by atoms with Crippen molar-refractivity contribution in [1.82, 2.24) is 5.06 Å². The zero-order valence-corrected chi connectivity index (χ0v) is 17.4. The molecule has 2 saturated heterocycles. The van der Waals surface area contributed by atoms with E-state index in [1.165, 1.54) is 9.96 Å². The molecule has 1 aromatic rings. The van der Waals surface area contributed by atoms with Crippen molar-refractivity contribution < 1.29 is 41.5 Å². The lowest BCUT2D eigenvalue weighted by Crippen LogP contribution is -2.34. The highest BCUT2D eigenvalue weighted by Gasteiger charge is 2.34. The lowest BCUT2D eigenvalue weighted by molar-refractivity contribution is -0.181. The van der Waals surface area contributed by atoms with Gasteiger partial charge in [0.05, 0.1) is 25.4 Å². The number of alkyl halides is 2. The van der Waals surface area contributed by atoms with Gasteiger partial charge in [-0.25, -0.2) is 27.4 Å². The van der Waals surface area contributed by atoms with E-state index in [1.807, 2.05) is 0 Å². The molecule has 2 amide bonds. The van der Waals surface area contributed by atoms with Crippen LogP contribution in [0.15, 0.2) is 12.1 Å². The standard InChI is InChI=1S/C20H23F4N3O5/c1-2-17(29)27-6-5-25(7-8-31-27)18-14(21)9-12(10-15(18)22)26-11-13(32-20(26)30)3-4-16(28)19(23)24/h9-10,13,19H,2-8,11H2,1H3/t13-/m0/s1. The third-order valence-electron chi connectivity index (χ3n) is 5.22. The van der Waals surface area contributed by atoms with Crippen LogP contribution in [0.25, 0.3) is 0 Å². The number of carbonyl (C=O) groups excluding carboxylic acids is 3. The van der Waals surface area contributed by atoms with Crippen LogP contribution in [0, 0.1) is 11.6 Å². The Morgan fingerprint density at radius 2 is 1.84 bits per heavy atom. The quantitative estimate of drug-likeness (QED) is 0.581. The maximum Gasteiger partial charge on any atom is 0.414 e. The number of hydrogen-bond acceptors (Lipinski definition) is 6. The summed E-state index contributed by atoms with van der Waals surface area (Å²) in [6, 6.07) is 1.96. The molecule has 0 unspecified atom stereocenters. The van der Waals surface area contributed by atoms with Crippen molar-refractivity contribution in [3.05, 3.63) is 23.8 Å². The number of halogens is 4. The molecule has 3 rings (SSSR count). The van der Waals surface area contributed by atoms with Gasteiger partial charge in [-0.2, -0.15) is 0 Å². The molecule has 32 heavy (non-hydrogen) atoms. The van der Waals surface area contributed by atoms with Gasteiger partial charge in [-0.3, -0.25) is 19.3 Å². The third kappa shape index (κ3) is 5.29. The Bertz CT molecular complexity index is 862. The number of amides is 2. The molecule has 0 bridgehead atoms. The summed E-state index contributed by atoms with van der Waals surface area (Å²) in [5.41, 5.74) is -0.403. The Hall–Kier alpha value is -2.89. The highest BCUT2D eigenvalue weighted by molar-refractivity contribution is 5.90. The molecule has 1 atom stereocenters. The highest BCUT2D eigenvalue weighted by Crippen LogP contribution is 2.32. The van der Waals surface area contributed by atoms with Gasteiger partial charge in [0, 0.05) is 38.1 Å². The smallest absolute Gasteiger partial charge is 0.414 e. The summed E-state index contributed by atoms with van der Waals surface area (Å²) in [5.74, 6) is -3.33. The van der Waals surface area contributed by atoms with Crippen LogP contribution < -0.4 is 9.80 Å². The van der Waals surface area contributed by atoms with E-state index in [0.717, 1.165) is 17.0 Å². The van der Waals surface area contributed by atoms with Crippen LogP contribution >= 0.6 is 0 Å². The van der Waals surface area contributed by atoms with Gasteiger partial charge in [0.2, 0.25) is 5.91 Å². The van der Waals surface area contributed by atoms with Gasteiger partial charge in [0.25, 0.3) is 6.43 Å². The summed E-state index contributed by atoms with van der Waals surface area (Å²) < 4.78 is 59.4. The number of cyclic esters (lactones) is 1. The monoisotopic (exact) mass is 461 g/mol. The van der Waals surface area contributed by atoms with E-state index in [4.69, 9.17) is 9.57 Å². The van der Waals surface area contributed by atoms with Crippen molar-refractivity contribution in [3.8, 4) is 0 Å². The normalized spacial score (nSPS) is 19.4. The van der Waals surface area contributed by atoms with E-state index >= 15 is 0 Å². The number of hydroxylamine groups is 2. The maximum absolute atomic E-state index is 14.9. The molecule has 2 fully saturated rings. The molecule has 2 heterocycles. The summed E-state index contributed by atoms with van der Waals surface area (Å²) in [5, 5.41) is 1.17. The second kappa shape index (κ2) is 10.2. The Morgan fingerprint density at radius 1 is 1.16 bits per heavy atom. The molecule has 0 aromatic heterocycles. The summed E-state index contributed by atoms with van der Waals surface area (Å²) in [6.07, 6.45) is -5.19. The number of anilines is 2. The molecule has 176 valence electrons. The van der Waals surface area contributed by atoms with Crippen molar-refractivity contribution in [2.75, 3.05) is 42.6 Å². The molecule has 0 saturated carbocycles. The number of benzene rings is 1. The van der Waals surface area contributed by atoms with E-state index < -0.39 is 42.5 Å². The third-order valence-corrected chi connectivity index (χ3v) is 5.22. The predicted molar refractivity (Wildman–Crippen MR) is 104 cm³/mol. The first-order valence-electron chi connectivity index (χ1n) is 10.2. The minimum atomic E-state index is -3.10. The second-order valence-electron chi connectivity index (χ2n) is 7.35. The van der Waals surface area contributed by atoms with Gasteiger partial charge in [0.1, 0.15) is 11.8 Å². The number of Topliss-reactive ketones (excluding diaryl/α,β-unsaturated/α-hetero) is 1. The van der Waals surface area contributed by atoms with E-state index in [9.17, 15) is 31.9 Å². The molecule has 0 N–H and O–H groups in total. The molecular weight excluding hydrogens is 438 g/mol. The number of nitrogens with zero attached hydrogens (tertiary/aromatic N) is 3. The molecular formula is C20H23F4N3O5. The first kappa shape index (κ1) is 23.8. The molecule has 0 spiro atoms. The average Bonchev–Trinajstić information content (AvgIpc) is 2.95. The van der Waals surface area contributed by atoms with Crippen molar-refractivity contribution in [2.24, 2.45) is 0 Å². The van der Waals surface area contributed by atoms with Gasteiger partial charge in [0.15, 0.2) is 17.4 Å². The van der Waals surface area contributed by atoms with Crippen LogP contribution in [-0.2, 0) is 19.2 Å². The fraction of sp³-hybridized carbons (Fsp3) is 0.550. The fourth-order valence-electron chi connectivity index (χ4n) is 3.55. The molecule has 1 aromatic carbocycles. The van der Waals surface area contributed by atoms with Gasteiger partial charge in [-0.1, -0.05) is 6.92 Å². The van der Waals surface area contributed by atoms with Gasteiger partial charge in [-0.15, -0.1) is 0 Å². The zero-order valence-electron chi connectivity index (χ0n) is 17.4. The lowest BCUT2D eigenvalue weighted by atomic mass is 10.1. The first-order chi connectivity index (χ1) is 15.2. The van der Waals surface area contributed by atoms with Crippen LogP contribution in [-0.4, -0.2) is 68.2 Å². The van der Waals surface area contributed by atoms with Crippen molar-refractivity contribution in [3.63, 3.8) is 0 Å². The maximum atomic E-state index is 14.9. The molecule has 2 aliphatic rings. The van der Waals surface area contributed by atoms with Crippen LogP contribution in [0.2, 0.25) is 0 Å². The molecule has 2 aliphatic heterocycles. The first-order valence-corrected chi connectivity index (χ1v) is 10.2. The minimum absolute atomic E-state index is 0.0594. The average molecular weight is 461 g/mol.